The van der Waals surface area contributed by atoms with Gasteiger partial charge in [-0.15, -0.1) is 0 Å². The van der Waals surface area contributed by atoms with Crippen molar-refractivity contribution in [2.24, 2.45) is 5.16 Å². The van der Waals surface area contributed by atoms with Crippen LogP contribution in [0, 0.1) is 0 Å². The van der Waals surface area contributed by atoms with Gasteiger partial charge in [-0.3, -0.25) is 0 Å². The fourth-order valence-electron chi connectivity index (χ4n) is 0.426. The van der Waals surface area contributed by atoms with Crippen LogP contribution < -0.4 is 0 Å². The van der Waals surface area contributed by atoms with Gasteiger partial charge in [0, 0.05) is 20.5 Å². The number of carbonyl (C=O) groups excluding carboxylic acids is 1. The monoisotopic (exact) mass is 158 g/mol. The molecule has 0 saturated heterocycles. The third-order valence-corrected chi connectivity index (χ3v) is 0.887. The topological polar surface area (TPSA) is 41.9 Å². The molecule has 0 aliphatic heterocycles. The third-order valence-electron chi connectivity index (χ3n) is 0.887. The van der Waals surface area contributed by atoms with E-state index < -0.39 is 0 Å². The first kappa shape index (κ1) is 9.94. The molecule has 0 N–H and O–H groups in total. The maximum absolute atomic E-state index is 10.7. The zero-order valence-corrected chi connectivity index (χ0v) is 7.20. The number of nitrogens with zero attached hydrogens (tertiary/aromatic N) is 2. The highest BCUT2D eigenvalue weighted by molar-refractivity contribution is 5.69. The van der Waals surface area contributed by atoms with Crippen molar-refractivity contribution in [3.63, 3.8) is 0 Å². The molecule has 0 saturated carbocycles. The Bertz CT molecular complexity index is 143. The number of carbonyl (C=O) groups is 1. The molecule has 0 amide bonds. The highest BCUT2D eigenvalue weighted by Crippen LogP contribution is 1.90. The lowest BCUT2D eigenvalue weighted by Crippen LogP contribution is -2.09. The molecule has 4 heteroatoms. The highest BCUT2D eigenvalue weighted by atomic mass is 16.7. The van der Waals surface area contributed by atoms with Gasteiger partial charge in [0.2, 0.25) is 0 Å². The van der Waals surface area contributed by atoms with Crippen LogP contribution in [0.2, 0.25) is 0 Å². The van der Waals surface area contributed by atoms with E-state index in [1.807, 2.05) is 6.92 Å². The molecule has 0 bridgehead atoms. The Hall–Kier alpha value is -1.06. The maximum atomic E-state index is 10.7. The summed E-state index contributed by atoms with van der Waals surface area (Å²) in [4.78, 5) is 16.8. The lowest BCUT2D eigenvalue weighted by atomic mass is 10.3. The Labute approximate surface area is 66.8 Å². The molecule has 11 heavy (non-hydrogen) atoms. The van der Waals surface area contributed by atoms with Gasteiger partial charge in [-0.25, -0.2) is 4.79 Å². The second-order valence-corrected chi connectivity index (χ2v) is 2.40. The molecule has 64 valence electrons. The predicted octanol–water partition coefficient (Wildman–Crippen LogP) is 0.835. The Morgan fingerprint density at radius 1 is 1.64 bits per heavy atom. The van der Waals surface area contributed by atoms with Gasteiger partial charge in [-0.1, -0.05) is 12.1 Å². The summed E-state index contributed by atoms with van der Waals surface area (Å²) in [6.45, 7) is 1.91. The summed E-state index contributed by atoms with van der Waals surface area (Å²) in [5.74, 6) is -0.286. The fourth-order valence-corrected chi connectivity index (χ4v) is 0.426. The van der Waals surface area contributed by atoms with Crippen molar-refractivity contribution < 1.29 is 9.63 Å². The number of oxime groups is 1. The first-order chi connectivity index (χ1) is 5.16. The van der Waals surface area contributed by atoms with Crippen LogP contribution in [0.15, 0.2) is 5.16 Å². The molecule has 0 aromatic heterocycles. The molecule has 0 spiro atoms. The number of rotatable bonds is 4. The van der Waals surface area contributed by atoms with Crippen molar-refractivity contribution in [1.29, 1.82) is 0 Å². The van der Waals surface area contributed by atoms with E-state index in [0.29, 0.717) is 6.42 Å². The summed E-state index contributed by atoms with van der Waals surface area (Å²) >= 11 is 0. The Morgan fingerprint density at radius 2 is 2.27 bits per heavy atom. The average Bonchev–Trinajstić information content (AvgIpc) is 1.87. The minimum absolute atomic E-state index is 0.286. The normalized spacial score (nSPS) is 10.1. The van der Waals surface area contributed by atoms with E-state index in [0.717, 1.165) is 6.42 Å². The SMILES string of the molecule is CCCC(=O)ON=CN(C)C. The van der Waals surface area contributed by atoms with Crippen LogP contribution in [-0.4, -0.2) is 31.3 Å². The van der Waals surface area contributed by atoms with Crippen LogP contribution in [0.3, 0.4) is 0 Å². The van der Waals surface area contributed by atoms with Gasteiger partial charge in [0.25, 0.3) is 0 Å². The van der Waals surface area contributed by atoms with E-state index >= 15 is 0 Å². The van der Waals surface area contributed by atoms with Crippen LogP contribution >= 0.6 is 0 Å². The van der Waals surface area contributed by atoms with Crippen molar-refractivity contribution in [2.45, 2.75) is 19.8 Å². The van der Waals surface area contributed by atoms with Gasteiger partial charge >= 0.3 is 5.97 Å². The van der Waals surface area contributed by atoms with E-state index in [9.17, 15) is 4.79 Å². The Balaban J connectivity index is 3.45. The summed E-state index contributed by atoms with van der Waals surface area (Å²) in [5.41, 5.74) is 0. The second kappa shape index (κ2) is 5.70. The van der Waals surface area contributed by atoms with Gasteiger partial charge in [0.15, 0.2) is 0 Å². The molecule has 0 heterocycles. The van der Waals surface area contributed by atoms with Gasteiger partial charge in [0.05, 0.1) is 0 Å². The lowest BCUT2D eigenvalue weighted by Gasteiger charge is -2.00. The van der Waals surface area contributed by atoms with Crippen LogP contribution in [-0.2, 0) is 9.63 Å². The van der Waals surface area contributed by atoms with Gasteiger partial charge in [-0.2, -0.15) is 0 Å². The Kier molecular flexibility index (Phi) is 5.15. The Morgan fingerprint density at radius 3 is 2.73 bits per heavy atom. The van der Waals surface area contributed by atoms with Crippen LogP contribution in [0.1, 0.15) is 19.8 Å². The molecular formula is C7H14N2O2. The molecular weight excluding hydrogens is 144 g/mol. The molecule has 0 aromatic carbocycles. The van der Waals surface area contributed by atoms with Gasteiger partial charge in [0.1, 0.15) is 6.34 Å². The molecule has 0 aliphatic rings. The van der Waals surface area contributed by atoms with Crippen molar-refractivity contribution in [2.75, 3.05) is 14.1 Å². The minimum atomic E-state index is -0.286. The van der Waals surface area contributed by atoms with Crippen molar-refractivity contribution >= 4 is 12.3 Å². The molecule has 0 rings (SSSR count). The molecule has 0 atom stereocenters. The van der Waals surface area contributed by atoms with Crippen molar-refractivity contribution in [3.8, 4) is 0 Å². The van der Waals surface area contributed by atoms with E-state index in [4.69, 9.17) is 0 Å². The smallest absolute Gasteiger partial charge is 0.335 e. The summed E-state index contributed by atoms with van der Waals surface area (Å²) in [6.07, 6.45) is 2.65. The molecule has 0 fully saturated rings. The zero-order valence-electron chi connectivity index (χ0n) is 7.20. The van der Waals surface area contributed by atoms with Crippen molar-refractivity contribution in [3.05, 3.63) is 0 Å². The number of hydrogen-bond donors (Lipinski definition) is 0. The van der Waals surface area contributed by atoms with Crippen LogP contribution in [0.4, 0.5) is 0 Å². The van der Waals surface area contributed by atoms with E-state index in [1.54, 1.807) is 19.0 Å². The molecule has 0 radical (unpaired) electrons. The lowest BCUT2D eigenvalue weighted by molar-refractivity contribution is -0.143. The van der Waals surface area contributed by atoms with Crippen LogP contribution in [0.5, 0.6) is 0 Å². The van der Waals surface area contributed by atoms with E-state index in [1.165, 1.54) is 6.34 Å². The first-order valence-corrected chi connectivity index (χ1v) is 3.56. The van der Waals surface area contributed by atoms with Crippen molar-refractivity contribution in [1.82, 2.24) is 4.90 Å². The predicted molar refractivity (Wildman–Crippen MR) is 43.2 cm³/mol. The average molecular weight is 158 g/mol. The largest absolute Gasteiger partial charge is 0.366 e. The van der Waals surface area contributed by atoms with Gasteiger partial charge < -0.3 is 9.74 Å². The second-order valence-electron chi connectivity index (χ2n) is 2.40. The third kappa shape index (κ3) is 6.83. The highest BCUT2D eigenvalue weighted by Gasteiger charge is 1.97. The molecule has 4 nitrogen and oxygen atoms in total. The summed E-state index contributed by atoms with van der Waals surface area (Å²) in [5, 5.41) is 3.44. The zero-order chi connectivity index (χ0) is 8.69. The van der Waals surface area contributed by atoms with Gasteiger partial charge in [-0.05, 0) is 6.42 Å². The first-order valence-electron chi connectivity index (χ1n) is 3.56. The van der Waals surface area contributed by atoms with E-state index in [2.05, 4.69) is 9.99 Å². The fraction of sp³-hybridized carbons (Fsp3) is 0.714. The van der Waals surface area contributed by atoms with Crippen LogP contribution in [0.25, 0.3) is 0 Å². The number of hydrogen-bond acceptors (Lipinski definition) is 3. The minimum Gasteiger partial charge on any atom is -0.366 e. The quantitative estimate of drug-likeness (QED) is 0.263. The molecule has 0 aliphatic carbocycles. The standard InChI is InChI=1S/C7H14N2O2/c1-4-5-7(10)11-8-6-9(2)3/h6H,4-5H2,1-3H3. The maximum Gasteiger partial charge on any atom is 0.335 e. The van der Waals surface area contributed by atoms with E-state index in [-0.39, 0.29) is 5.97 Å². The summed E-state index contributed by atoms with van der Waals surface area (Å²) in [6, 6.07) is 0. The summed E-state index contributed by atoms with van der Waals surface area (Å²) in [7, 11) is 3.61. The molecule has 0 aromatic rings. The summed E-state index contributed by atoms with van der Waals surface area (Å²) < 4.78 is 0. The molecule has 0 unspecified atom stereocenters.